The Balaban J connectivity index is 1.49. The van der Waals surface area contributed by atoms with Crippen molar-refractivity contribution in [3.8, 4) is 0 Å². The Bertz CT molecular complexity index is 789. The second-order valence-corrected chi connectivity index (χ2v) is 8.49. The lowest BCUT2D eigenvalue weighted by molar-refractivity contribution is -0.122. The van der Waals surface area contributed by atoms with Gasteiger partial charge >= 0.3 is 0 Å². The first-order valence-electron chi connectivity index (χ1n) is 7.92. The van der Waals surface area contributed by atoms with Gasteiger partial charge in [-0.15, -0.1) is 0 Å². The number of benzene rings is 1. The summed E-state index contributed by atoms with van der Waals surface area (Å²) in [6, 6.07) is 6.19. The number of rotatable bonds is 3. The zero-order valence-electron chi connectivity index (χ0n) is 12.6. The molecule has 7 heteroatoms. The number of nitrogens with one attached hydrogen (secondary N) is 1. The molecule has 1 heterocycles. The highest BCUT2D eigenvalue weighted by Crippen LogP contribution is 2.44. The average Bonchev–Trinajstić information content (AvgIpc) is 3.18. The Morgan fingerprint density at radius 2 is 2.00 bits per heavy atom. The van der Waals surface area contributed by atoms with Crippen molar-refractivity contribution in [2.75, 3.05) is 6.54 Å². The van der Waals surface area contributed by atoms with E-state index in [9.17, 15) is 18.0 Å². The molecule has 0 unspecified atom stereocenters. The first kappa shape index (κ1) is 14.7. The van der Waals surface area contributed by atoms with Crippen molar-refractivity contribution in [1.82, 2.24) is 9.62 Å². The molecule has 1 N–H and O–H groups in total. The van der Waals surface area contributed by atoms with Gasteiger partial charge in [0.15, 0.2) is 0 Å². The predicted molar refractivity (Wildman–Crippen MR) is 82.0 cm³/mol. The van der Waals surface area contributed by atoms with Crippen molar-refractivity contribution in [2.24, 2.45) is 11.8 Å². The lowest BCUT2D eigenvalue weighted by Crippen LogP contribution is -2.45. The van der Waals surface area contributed by atoms with Gasteiger partial charge in [0.25, 0.3) is 15.9 Å². The highest BCUT2D eigenvalue weighted by Gasteiger charge is 2.43. The van der Waals surface area contributed by atoms with Crippen LogP contribution in [0.25, 0.3) is 0 Å². The molecule has 2 bridgehead atoms. The summed E-state index contributed by atoms with van der Waals surface area (Å²) in [5, 5.41) is 2.93. The number of amides is 2. The molecule has 2 aliphatic carbocycles. The van der Waals surface area contributed by atoms with Gasteiger partial charge in [0.05, 0.1) is 5.56 Å². The van der Waals surface area contributed by atoms with Crippen LogP contribution in [0.4, 0.5) is 0 Å². The molecular weight excluding hydrogens is 316 g/mol. The second-order valence-electron chi connectivity index (χ2n) is 6.66. The summed E-state index contributed by atoms with van der Waals surface area (Å²) in [6.45, 7) is -0.441. The smallest absolute Gasteiger partial charge is 0.269 e. The van der Waals surface area contributed by atoms with Gasteiger partial charge in [0.1, 0.15) is 11.4 Å². The topological polar surface area (TPSA) is 83.6 Å². The Morgan fingerprint density at radius 3 is 2.65 bits per heavy atom. The van der Waals surface area contributed by atoms with Crippen molar-refractivity contribution in [2.45, 2.75) is 36.6 Å². The van der Waals surface area contributed by atoms with E-state index in [1.807, 2.05) is 0 Å². The fraction of sp³-hybridized carbons (Fsp3) is 0.500. The third-order valence-corrected chi connectivity index (χ3v) is 7.07. The molecule has 3 atom stereocenters. The molecule has 1 aromatic carbocycles. The molecule has 23 heavy (non-hydrogen) atoms. The minimum Gasteiger partial charge on any atom is -0.352 e. The zero-order valence-corrected chi connectivity index (χ0v) is 13.4. The van der Waals surface area contributed by atoms with E-state index in [4.69, 9.17) is 0 Å². The Labute approximate surface area is 134 Å². The fourth-order valence-electron chi connectivity index (χ4n) is 4.19. The molecule has 1 aliphatic heterocycles. The summed E-state index contributed by atoms with van der Waals surface area (Å²) in [5.41, 5.74) is 0.139. The van der Waals surface area contributed by atoms with Gasteiger partial charge in [-0.05, 0) is 43.2 Å². The van der Waals surface area contributed by atoms with Crippen LogP contribution < -0.4 is 5.32 Å². The number of nitrogens with zero attached hydrogens (tertiary/aromatic N) is 1. The quantitative estimate of drug-likeness (QED) is 0.898. The average molecular weight is 334 g/mol. The lowest BCUT2D eigenvalue weighted by atomic mass is 9.95. The third kappa shape index (κ3) is 2.25. The Hall–Kier alpha value is -1.89. The van der Waals surface area contributed by atoms with E-state index in [1.54, 1.807) is 12.1 Å². The Kier molecular flexibility index (Phi) is 3.23. The van der Waals surface area contributed by atoms with Crippen LogP contribution >= 0.6 is 0 Å². The van der Waals surface area contributed by atoms with Gasteiger partial charge in [-0.2, -0.15) is 0 Å². The highest BCUT2D eigenvalue weighted by atomic mass is 32.2. The van der Waals surface area contributed by atoms with E-state index in [-0.39, 0.29) is 16.5 Å². The molecule has 122 valence electrons. The van der Waals surface area contributed by atoms with Crippen LogP contribution in [0, 0.1) is 11.8 Å². The molecule has 1 aromatic rings. The monoisotopic (exact) mass is 334 g/mol. The summed E-state index contributed by atoms with van der Waals surface area (Å²) in [4.78, 5) is 24.5. The molecule has 4 rings (SSSR count). The minimum absolute atomic E-state index is 0.0160. The summed E-state index contributed by atoms with van der Waals surface area (Å²) in [6.07, 6.45) is 4.47. The summed E-state index contributed by atoms with van der Waals surface area (Å²) >= 11 is 0. The fourth-order valence-corrected chi connectivity index (χ4v) is 5.72. The SMILES string of the molecule is O=C(CN1C(=O)c2ccccc2S1(=O)=O)N[C@@H]1C[C@@H]2CC[C@H]1C2. The van der Waals surface area contributed by atoms with Crippen molar-refractivity contribution >= 4 is 21.8 Å². The number of carbonyl (C=O) groups is 2. The molecule has 2 fully saturated rings. The first-order valence-corrected chi connectivity index (χ1v) is 9.36. The summed E-state index contributed by atoms with van der Waals surface area (Å²) in [5.74, 6) is 0.176. The van der Waals surface area contributed by atoms with Crippen LogP contribution in [0.15, 0.2) is 29.2 Å². The van der Waals surface area contributed by atoms with Crippen molar-refractivity contribution in [1.29, 1.82) is 0 Å². The predicted octanol–water partition coefficient (Wildman–Crippen LogP) is 1.14. The molecule has 6 nitrogen and oxygen atoms in total. The summed E-state index contributed by atoms with van der Waals surface area (Å²) < 4.78 is 25.5. The number of fused-ring (bicyclic) bond motifs is 3. The number of hydrogen-bond donors (Lipinski definition) is 1. The molecule has 0 spiro atoms. The third-order valence-electron chi connectivity index (χ3n) is 5.28. The zero-order chi connectivity index (χ0) is 16.2. The molecule has 3 aliphatic rings. The van der Waals surface area contributed by atoms with Crippen molar-refractivity contribution in [3.63, 3.8) is 0 Å². The van der Waals surface area contributed by atoms with Crippen LogP contribution in [0.2, 0.25) is 0 Å². The molecule has 2 amide bonds. The van der Waals surface area contributed by atoms with Gasteiger partial charge in [-0.25, -0.2) is 12.7 Å². The van der Waals surface area contributed by atoms with E-state index in [2.05, 4.69) is 5.32 Å². The molecule has 2 saturated carbocycles. The van der Waals surface area contributed by atoms with Crippen LogP contribution in [0.1, 0.15) is 36.0 Å². The van der Waals surface area contributed by atoms with Gasteiger partial charge in [-0.1, -0.05) is 18.6 Å². The van der Waals surface area contributed by atoms with E-state index >= 15 is 0 Å². The maximum absolute atomic E-state index is 12.4. The Morgan fingerprint density at radius 1 is 1.22 bits per heavy atom. The van der Waals surface area contributed by atoms with Crippen LogP contribution in [0.5, 0.6) is 0 Å². The molecule has 0 radical (unpaired) electrons. The van der Waals surface area contributed by atoms with Crippen LogP contribution in [-0.2, 0) is 14.8 Å². The molecule has 0 aromatic heterocycles. The second kappa shape index (κ2) is 5.06. The van der Waals surface area contributed by atoms with Gasteiger partial charge in [0, 0.05) is 6.04 Å². The van der Waals surface area contributed by atoms with Gasteiger partial charge in [0.2, 0.25) is 5.91 Å². The molecule has 0 saturated heterocycles. The largest absolute Gasteiger partial charge is 0.352 e. The first-order chi connectivity index (χ1) is 11.0. The standard InChI is InChI=1S/C16H18N2O4S/c19-15(17-13-8-10-5-6-11(13)7-10)9-18-16(20)12-3-1-2-4-14(12)23(18,21)22/h1-4,10-11,13H,5-9H2,(H,17,19)/t10-,11+,13-/m1/s1. The van der Waals surface area contributed by atoms with E-state index in [1.165, 1.54) is 18.6 Å². The van der Waals surface area contributed by atoms with E-state index in [0.29, 0.717) is 16.1 Å². The number of sulfonamides is 1. The summed E-state index contributed by atoms with van der Waals surface area (Å²) in [7, 11) is -3.91. The van der Waals surface area contributed by atoms with Gasteiger partial charge in [-0.3, -0.25) is 9.59 Å². The lowest BCUT2D eigenvalue weighted by Gasteiger charge is -2.24. The maximum atomic E-state index is 12.4. The number of carbonyl (C=O) groups excluding carboxylic acids is 2. The highest BCUT2D eigenvalue weighted by molar-refractivity contribution is 7.90. The maximum Gasteiger partial charge on any atom is 0.269 e. The van der Waals surface area contributed by atoms with E-state index < -0.39 is 28.4 Å². The number of hydrogen-bond acceptors (Lipinski definition) is 4. The minimum atomic E-state index is -3.91. The van der Waals surface area contributed by atoms with Gasteiger partial charge < -0.3 is 5.32 Å². The van der Waals surface area contributed by atoms with Crippen molar-refractivity contribution < 1.29 is 18.0 Å². The van der Waals surface area contributed by atoms with E-state index in [0.717, 1.165) is 19.3 Å². The van der Waals surface area contributed by atoms with Crippen LogP contribution in [0.3, 0.4) is 0 Å². The normalized spacial score (nSPS) is 30.5. The van der Waals surface area contributed by atoms with Crippen LogP contribution in [-0.4, -0.2) is 37.1 Å². The molecular formula is C16H18N2O4S. The van der Waals surface area contributed by atoms with Crippen molar-refractivity contribution in [3.05, 3.63) is 29.8 Å².